The third-order valence-electron chi connectivity index (χ3n) is 6.09. The van der Waals surface area contributed by atoms with Gasteiger partial charge in [0.05, 0.1) is 17.8 Å². The van der Waals surface area contributed by atoms with E-state index in [-0.39, 0.29) is 17.2 Å². The van der Waals surface area contributed by atoms with Crippen molar-refractivity contribution in [3.63, 3.8) is 0 Å². The zero-order chi connectivity index (χ0) is 20.6. The summed E-state index contributed by atoms with van der Waals surface area (Å²) in [6.45, 7) is 4.29. The second-order valence-corrected chi connectivity index (χ2v) is 7.94. The lowest BCUT2D eigenvalue weighted by Crippen LogP contribution is -2.37. The van der Waals surface area contributed by atoms with Gasteiger partial charge in [-0.1, -0.05) is 0 Å². The van der Waals surface area contributed by atoms with Gasteiger partial charge in [0.1, 0.15) is 5.69 Å². The maximum Gasteiger partial charge on any atom is 0.274 e. The molecule has 5 heterocycles. The molecule has 1 spiro atoms. The first-order chi connectivity index (χ1) is 14.6. The zero-order valence-electron chi connectivity index (χ0n) is 16.7. The quantitative estimate of drug-likeness (QED) is 0.652. The van der Waals surface area contributed by atoms with Crippen LogP contribution in [0.5, 0.6) is 0 Å². The van der Waals surface area contributed by atoms with E-state index in [1.807, 2.05) is 24.0 Å². The van der Waals surface area contributed by atoms with Crippen molar-refractivity contribution in [2.45, 2.75) is 25.7 Å². The number of pyridine rings is 1. The Morgan fingerprint density at radius 2 is 1.93 bits per heavy atom. The molecule has 9 nitrogen and oxygen atoms in total. The molecule has 154 valence electrons. The average Bonchev–Trinajstić information content (AvgIpc) is 3.40. The second-order valence-electron chi connectivity index (χ2n) is 7.94. The highest BCUT2D eigenvalue weighted by molar-refractivity contribution is 5.92. The fourth-order valence-corrected chi connectivity index (χ4v) is 4.40. The molecule has 1 unspecified atom stereocenters. The number of hydrogen-bond donors (Lipinski definition) is 0. The van der Waals surface area contributed by atoms with Gasteiger partial charge in [-0.25, -0.2) is 4.98 Å². The van der Waals surface area contributed by atoms with Crippen LogP contribution in [-0.4, -0.2) is 62.3 Å². The van der Waals surface area contributed by atoms with Crippen molar-refractivity contribution >= 4 is 5.91 Å². The number of hydrogen-bond acceptors (Lipinski definition) is 8. The van der Waals surface area contributed by atoms with Crippen LogP contribution in [0.4, 0.5) is 0 Å². The number of aromatic nitrogens is 5. The molecule has 0 saturated carbocycles. The van der Waals surface area contributed by atoms with Crippen molar-refractivity contribution in [1.82, 2.24) is 30.0 Å². The molecule has 0 aromatic carbocycles. The molecule has 30 heavy (non-hydrogen) atoms. The van der Waals surface area contributed by atoms with Crippen LogP contribution in [0.1, 0.15) is 40.8 Å². The molecule has 2 saturated heterocycles. The van der Waals surface area contributed by atoms with Gasteiger partial charge in [0.15, 0.2) is 0 Å². The molecule has 5 rings (SSSR count). The molecule has 0 aliphatic carbocycles. The predicted octanol–water partition coefficient (Wildman–Crippen LogP) is 2.27. The van der Waals surface area contributed by atoms with Crippen molar-refractivity contribution in [1.29, 1.82) is 0 Å². The van der Waals surface area contributed by atoms with E-state index >= 15 is 0 Å². The first kappa shape index (κ1) is 18.8. The molecule has 1 atom stereocenters. The molecule has 0 bridgehead atoms. The fourth-order valence-electron chi connectivity index (χ4n) is 4.40. The molecule has 2 aliphatic heterocycles. The summed E-state index contributed by atoms with van der Waals surface area (Å²) in [7, 11) is 0. The van der Waals surface area contributed by atoms with Crippen LogP contribution < -0.4 is 0 Å². The van der Waals surface area contributed by atoms with Crippen molar-refractivity contribution < 1.29 is 13.9 Å². The van der Waals surface area contributed by atoms with Crippen molar-refractivity contribution in [3.05, 3.63) is 54.2 Å². The first-order valence-electron chi connectivity index (χ1n) is 10.0. The fraction of sp³-hybridized carbons (Fsp3) is 0.429. The number of likely N-dealkylation sites (tertiary alicyclic amines) is 1. The van der Waals surface area contributed by atoms with Crippen LogP contribution >= 0.6 is 0 Å². The molecule has 3 aromatic heterocycles. The molecule has 2 aliphatic rings. The summed E-state index contributed by atoms with van der Waals surface area (Å²) in [6, 6.07) is 3.67. The highest BCUT2D eigenvalue weighted by Gasteiger charge is 2.51. The van der Waals surface area contributed by atoms with Crippen molar-refractivity contribution in [2.75, 3.05) is 26.3 Å². The van der Waals surface area contributed by atoms with Crippen LogP contribution in [0.3, 0.4) is 0 Å². The normalized spacial score (nSPS) is 20.6. The van der Waals surface area contributed by atoms with Crippen molar-refractivity contribution in [2.24, 2.45) is 5.41 Å². The monoisotopic (exact) mass is 406 g/mol. The molecule has 0 radical (unpaired) electrons. The van der Waals surface area contributed by atoms with Crippen LogP contribution in [0.15, 0.2) is 41.3 Å². The molecule has 0 N–H and O–H groups in total. The highest BCUT2D eigenvalue weighted by atomic mass is 16.5. The smallest absolute Gasteiger partial charge is 0.274 e. The van der Waals surface area contributed by atoms with Gasteiger partial charge in [-0.2, -0.15) is 0 Å². The number of nitrogens with zero attached hydrogens (tertiary/aromatic N) is 6. The van der Waals surface area contributed by atoms with Gasteiger partial charge < -0.3 is 14.1 Å². The lowest BCUT2D eigenvalue weighted by Gasteiger charge is -2.36. The van der Waals surface area contributed by atoms with E-state index < -0.39 is 0 Å². The standard InChI is InChI=1S/C21H22N6O3/c1-14-10-24-17(11-23-14)20(28)27-12-16(21(13-27)4-8-29-9-5-21)19-26-25-18(30-19)15-2-6-22-7-3-15/h2-3,6-7,10-11,16H,4-5,8-9,12-13H2,1H3. The van der Waals surface area contributed by atoms with Crippen LogP contribution in [0.25, 0.3) is 11.5 Å². The third-order valence-corrected chi connectivity index (χ3v) is 6.09. The first-order valence-corrected chi connectivity index (χ1v) is 10.0. The van der Waals surface area contributed by atoms with E-state index in [0.717, 1.165) is 24.1 Å². The van der Waals surface area contributed by atoms with E-state index in [9.17, 15) is 4.79 Å². The van der Waals surface area contributed by atoms with Gasteiger partial charge in [-0.05, 0) is 31.9 Å². The molecule has 3 aromatic rings. The number of ether oxygens (including phenoxy) is 1. The summed E-state index contributed by atoms with van der Waals surface area (Å²) in [5, 5.41) is 8.60. The maximum atomic E-state index is 13.1. The predicted molar refractivity (Wildman–Crippen MR) is 105 cm³/mol. The Labute approximate surface area is 173 Å². The minimum atomic E-state index is -0.145. The molecule has 1 amide bonds. The van der Waals surface area contributed by atoms with Gasteiger partial charge in [-0.3, -0.25) is 14.8 Å². The SMILES string of the molecule is Cc1cnc(C(=O)N2CC(c3nnc(-c4ccncc4)o3)C3(CCOCC3)C2)cn1. The van der Waals surface area contributed by atoms with Gasteiger partial charge in [0.2, 0.25) is 11.8 Å². The lowest BCUT2D eigenvalue weighted by atomic mass is 9.72. The van der Waals surface area contributed by atoms with Gasteiger partial charge in [0, 0.05) is 55.9 Å². The Morgan fingerprint density at radius 3 is 2.67 bits per heavy atom. The van der Waals surface area contributed by atoms with E-state index in [1.54, 1.807) is 18.6 Å². The third kappa shape index (κ3) is 3.35. The molecular formula is C21H22N6O3. The number of carbonyl (C=O) groups excluding carboxylic acids is 1. The Bertz CT molecular complexity index is 1030. The Balaban J connectivity index is 1.45. The largest absolute Gasteiger partial charge is 0.420 e. The summed E-state index contributed by atoms with van der Waals surface area (Å²) in [6.07, 6.45) is 8.22. The minimum absolute atomic E-state index is 0.0492. The second kappa shape index (κ2) is 7.56. The Kier molecular flexibility index (Phi) is 4.74. The number of rotatable bonds is 3. The number of carbonyl (C=O) groups is 1. The summed E-state index contributed by atoms with van der Waals surface area (Å²) >= 11 is 0. The lowest BCUT2D eigenvalue weighted by molar-refractivity contribution is 0.00905. The highest BCUT2D eigenvalue weighted by Crippen LogP contribution is 2.49. The Hall–Kier alpha value is -3.20. The Morgan fingerprint density at radius 1 is 1.13 bits per heavy atom. The summed E-state index contributed by atoms with van der Waals surface area (Å²) < 4.78 is 11.7. The summed E-state index contributed by atoms with van der Waals surface area (Å²) in [5.41, 5.74) is 1.81. The van der Waals surface area contributed by atoms with Gasteiger partial charge in [0.25, 0.3) is 5.91 Å². The summed E-state index contributed by atoms with van der Waals surface area (Å²) in [5.74, 6) is 0.856. The van der Waals surface area contributed by atoms with E-state index in [0.29, 0.717) is 43.8 Å². The van der Waals surface area contributed by atoms with Crippen LogP contribution in [0.2, 0.25) is 0 Å². The van der Waals surface area contributed by atoms with E-state index in [1.165, 1.54) is 6.20 Å². The molecule has 2 fully saturated rings. The van der Waals surface area contributed by atoms with E-state index in [4.69, 9.17) is 9.15 Å². The van der Waals surface area contributed by atoms with Gasteiger partial charge >= 0.3 is 0 Å². The topological polar surface area (TPSA) is 107 Å². The minimum Gasteiger partial charge on any atom is -0.420 e. The number of aryl methyl sites for hydroxylation is 1. The molecule has 9 heteroatoms. The maximum absolute atomic E-state index is 13.1. The molecular weight excluding hydrogens is 384 g/mol. The van der Waals surface area contributed by atoms with Crippen LogP contribution in [-0.2, 0) is 4.74 Å². The average molecular weight is 406 g/mol. The van der Waals surface area contributed by atoms with Crippen LogP contribution in [0, 0.1) is 12.3 Å². The summed E-state index contributed by atoms with van der Waals surface area (Å²) in [4.78, 5) is 27.4. The number of amides is 1. The van der Waals surface area contributed by atoms with E-state index in [2.05, 4.69) is 25.1 Å². The van der Waals surface area contributed by atoms with Gasteiger partial charge in [-0.15, -0.1) is 10.2 Å². The van der Waals surface area contributed by atoms with Crippen molar-refractivity contribution in [3.8, 4) is 11.5 Å². The zero-order valence-corrected chi connectivity index (χ0v) is 16.7.